The van der Waals surface area contributed by atoms with Gasteiger partial charge >= 0.3 is 5.82 Å². The van der Waals surface area contributed by atoms with Crippen molar-refractivity contribution in [2.45, 2.75) is 51.9 Å². The molecule has 0 saturated heterocycles. The Bertz CT molecular complexity index is 953. The van der Waals surface area contributed by atoms with E-state index in [1.54, 1.807) is 0 Å². The summed E-state index contributed by atoms with van der Waals surface area (Å²) in [4.78, 5) is 0. The number of benzene rings is 2. The monoisotopic (exact) mass is 346 g/mol. The minimum atomic E-state index is 0.217. The van der Waals surface area contributed by atoms with Gasteiger partial charge in [0.05, 0.1) is 0 Å². The van der Waals surface area contributed by atoms with Crippen LogP contribution in [0.1, 0.15) is 48.0 Å². The molecule has 1 aliphatic carbocycles. The van der Waals surface area contributed by atoms with Crippen LogP contribution in [0.4, 0.5) is 0 Å². The van der Waals surface area contributed by atoms with Crippen molar-refractivity contribution in [1.29, 1.82) is 0 Å². The van der Waals surface area contributed by atoms with Crippen molar-refractivity contribution >= 4 is 0 Å². The highest BCUT2D eigenvalue weighted by Crippen LogP contribution is 2.35. The molecule has 1 aliphatic heterocycles. The molecule has 132 valence electrons. The lowest BCUT2D eigenvalue weighted by atomic mass is 10.0. The number of hydrogen-bond donors (Lipinski definition) is 0. The smallest absolute Gasteiger partial charge is 0.304 e. The maximum Gasteiger partial charge on any atom is 0.304 e. The predicted octanol–water partition coefficient (Wildman–Crippen LogP) is 3.33. The van der Waals surface area contributed by atoms with Crippen LogP contribution in [0.3, 0.4) is 0 Å². The molecule has 0 unspecified atom stereocenters. The number of aromatic nitrogens is 3. The first kappa shape index (κ1) is 15.8. The number of rotatable bonds is 3. The van der Waals surface area contributed by atoms with Gasteiger partial charge < -0.3 is 4.74 Å². The second-order valence-corrected chi connectivity index (χ2v) is 7.21. The first-order chi connectivity index (χ1) is 12.8. The minimum absolute atomic E-state index is 0.217. The molecule has 4 heteroatoms. The summed E-state index contributed by atoms with van der Waals surface area (Å²) in [6.07, 6.45) is 5.40. The van der Waals surface area contributed by atoms with Gasteiger partial charge in [0.15, 0.2) is 0 Å². The van der Waals surface area contributed by atoms with Gasteiger partial charge in [-0.15, -0.1) is 0 Å². The minimum Gasteiger partial charge on any atom is -0.363 e. The fourth-order valence-electron chi connectivity index (χ4n) is 4.54. The quantitative estimate of drug-likeness (QED) is 0.681. The lowest BCUT2D eigenvalue weighted by molar-refractivity contribution is -0.739. The normalized spacial score (nSPS) is 20.5. The van der Waals surface area contributed by atoms with Crippen molar-refractivity contribution in [3.8, 4) is 5.69 Å². The zero-order valence-electron chi connectivity index (χ0n) is 15.4. The number of ether oxygens (including phenoxy) is 1. The second-order valence-electron chi connectivity index (χ2n) is 7.21. The summed E-state index contributed by atoms with van der Waals surface area (Å²) in [7, 11) is 0. The summed E-state index contributed by atoms with van der Waals surface area (Å²) in [5.74, 6) is 1.01. The van der Waals surface area contributed by atoms with Gasteiger partial charge in [0.25, 0.3) is 0 Å². The largest absolute Gasteiger partial charge is 0.363 e. The van der Waals surface area contributed by atoms with Crippen LogP contribution >= 0.6 is 0 Å². The van der Waals surface area contributed by atoms with Gasteiger partial charge in [-0.1, -0.05) is 61.0 Å². The summed E-state index contributed by atoms with van der Waals surface area (Å²) in [5, 5.41) is 4.93. The first-order valence-electron chi connectivity index (χ1n) is 9.60. The van der Waals surface area contributed by atoms with Gasteiger partial charge in [-0.2, -0.15) is 0 Å². The molecule has 0 amide bonds. The molecule has 2 atom stereocenters. The summed E-state index contributed by atoms with van der Waals surface area (Å²) < 4.78 is 10.6. The van der Waals surface area contributed by atoms with Crippen LogP contribution < -0.4 is 4.57 Å². The third kappa shape index (κ3) is 2.25. The Kier molecular flexibility index (Phi) is 3.68. The van der Waals surface area contributed by atoms with Crippen molar-refractivity contribution < 1.29 is 9.30 Å². The van der Waals surface area contributed by atoms with Crippen molar-refractivity contribution in [3.63, 3.8) is 0 Å². The molecule has 0 radical (unpaired) electrons. The number of aryl methyl sites for hydroxylation is 2. The molecule has 0 bridgehead atoms. The van der Waals surface area contributed by atoms with Crippen molar-refractivity contribution in [3.05, 3.63) is 76.9 Å². The van der Waals surface area contributed by atoms with Crippen LogP contribution in [-0.2, 0) is 30.6 Å². The Morgan fingerprint density at radius 2 is 1.85 bits per heavy atom. The number of para-hydroxylation sites is 1. The van der Waals surface area contributed by atoms with Crippen molar-refractivity contribution in [2.24, 2.45) is 0 Å². The average molecular weight is 346 g/mol. The van der Waals surface area contributed by atoms with Gasteiger partial charge in [0.2, 0.25) is 6.33 Å². The lowest BCUT2D eigenvalue weighted by Gasteiger charge is -2.23. The molecule has 2 heterocycles. The van der Waals surface area contributed by atoms with Crippen LogP contribution in [0.5, 0.6) is 0 Å². The van der Waals surface area contributed by atoms with Gasteiger partial charge in [0, 0.05) is 11.5 Å². The van der Waals surface area contributed by atoms with E-state index in [0.29, 0.717) is 6.61 Å². The fraction of sp³-hybridized carbons (Fsp3) is 0.364. The molecule has 2 aromatic carbocycles. The lowest BCUT2D eigenvalue weighted by Crippen LogP contribution is -2.51. The van der Waals surface area contributed by atoms with Crippen molar-refractivity contribution in [1.82, 2.24) is 9.78 Å². The Morgan fingerprint density at radius 3 is 2.62 bits per heavy atom. The van der Waals surface area contributed by atoms with Crippen molar-refractivity contribution in [2.75, 3.05) is 0 Å². The second kappa shape index (κ2) is 6.06. The highest BCUT2D eigenvalue weighted by atomic mass is 16.5. The van der Waals surface area contributed by atoms with Crippen LogP contribution in [-0.4, -0.2) is 15.9 Å². The maximum atomic E-state index is 6.18. The number of nitrogens with zero attached hydrogens (tertiary/aromatic N) is 3. The molecule has 5 rings (SSSR count). The van der Waals surface area contributed by atoms with E-state index in [9.17, 15) is 0 Å². The molecule has 3 aromatic rings. The van der Waals surface area contributed by atoms with E-state index in [-0.39, 0.29) is 12.1 Å². The molecule has 0 N–H and O–H groups in total. The molecule has 0 saturated carbocycles. The Hall–Kier alpha value is -2.46. The Balaban J connectivity index is 1.66. The summed E-state index contributed by atoms with van der Waals surface area (Å²) in [6.45, 7) is 5.00. The number of hydrogen-bond acceptors (Lipinski definition) is 2. The summed E-state index contributed by atoms with van der Waals surface area (Å²) >= 11 is 0. The van der Waals surface area contributed by atoms with Crippen LogP contribution in [0.25, 0.3) is 5.69 Å². The van der Waals surface area contributed by atoms with E-state index in [2.05, 4.69) is 71.9 Å². The highest BCUT2D eigenvalue weighted by molar-refractivity contribution is 5.47. The molecule has 2 aliphatic rings. The van der Waals surface area contributed by atoms with E-state index in [4.69, 9.17) is 9.84 Å². The van der Waals surface area contributed by atoms with E-state index < -0.39 is 0 Å². The van der Waals surface area contributed by atoms with Crippen LogP contribution in [0.15, 0.2) is 48.8 Å². The molecule has 4 nitrogen and oxygen atoms in total. The topological polar surface area (TPSA) is 30.9 Å². The Morgan fingerprint density at radius 1 is 1.08 bits per heavy atom. The highest BCUT2D eigenvalue weighted by Gasteiger charge is 2.43. The van der Waals surface area contributed by atoms with Gasteiger partial charge in [-0.05, 0) is 35.1 Å². The molecule has 0 spiro atoms. The molecular weight excluding hydrogens is 322 g/mol. The zero-order chi connectivity index (χ0) is 17.7. The fourth-order valence-corrected chi connectivity index (χ4v) is 4.54. The van der Waals surface area contributed by atoms with E-state index in [0.717, 1.165) is 25.1 Å². The van der Waals surface area contributed by atoms with Gasteiger partial charge in [-0.3, -0.25) is 0 Å². The third-order valence-corrected chi connectivity index (χ3v) is 5.82. The zero-order valence-corrected chi connectivity index (χ0v) is 15.4. The SMILES string of the molecule is CCc1cccc(CC)c1-n1c[n+]2c(n1)CO[C@@H]1Cc3ccccc3[C@@H]12. The molecule has 26 heavy (non-hydrogen) atoms. The molecular formula is C22H24N3O+. The Labute approximate surface area is 154 Å². The average Bonchev–Trinajstić information content (AvgIpc) is 3.27. The third-order valence-electron chi connectivity index (χ3n) is 5.82. The maximum absolute atomic E-state index is 6.18. The summed E-state index contributed by atoms with van der Waals surface area (Å²) in [6, 6.07) is 15.5. The van der Waals surface area contributed by atoms with Crippen LogP contribution in [0, 0.1) is 0 Å². The van der Waals surface area contributed by atoms with E-state index in [1.165, 1.54) is 27.9 Å². The van der Waals surface area contributed by atoms with E-state index in [1.807, 2.05) is 0 Å². The summed E-state index contributed by atoms with van der Waals surface area (Å²) in [5.41, 5.74) is 6.70. The predicted molar refractivity (Wildman–Crippen MR) is 99.4 cm³/mol. The standard InChI is InChI=1S/C22H24N3O/c1-3-15-9-7-10-16(4-2)21(15)25-14-24-20(23-25)13-26-19-12-17-8-5-6-11-18(17)22(19)24/h5-11,14,19,22H,3-4,12-13H2,1-2H3/q+1/t19-,22+/m1/s1. The van der Waals surface area contributed by atoms with Gasteiger partial charge in [0.1, 0.15) is 24.4 Å². The number of fused-ring (bicyclic) bond motifs is 5. The van der Waals surface area contributed by atoms with Crippen LogP contribution in [0.2, 0.25) is 0 Å². The molecule has 1 aromatic heterocycles. The van der Waals surface area contributed by atoms with Gasteiger partial charge in [-0.25, -0.2) is 4.57 Å². The van der Waals surface area contributed by atoms with E-state index >= 15 is 0 Å². The first-order valence-corrected chi connectivity index (χ1v) is 9.60. The molecule has 0 fully saturated rings.